The number of quaternary nitrogens is 1. The fourth-order valence-corrected chi connectivity index (χ4v) is 3.01. The van der Waals surface area contributed by atoms with Crippen LogP contribution in [0.3, 0.4) is 0 Å². The van der Waals surface area contributed by atoms with Gasteiger partial charge in [0.25, 0.3) is 5.91 Å². The number of alkyl halides is 2. The van der Waals surface area contributed by atoms with Crippen LogP contribution in [0, 0.1) is 5.92 Å². The van der Waals surface area contributed by atoms with Crippen molar-refractivity contribution in [1.82, 2.24) is 0 Å². The van der Waals surface area contributed by atoms with Crippen molar-refractivity contribution in [3.8, 4) is 11.5 Å². The number of carbonyl (C=O) groups excluding carboxylic acids is 2. The van der Waals surface area contributed by atoms with Crippen molar-refractivity contribution in [3.63, 3.8) is 0 Å². The standard InChI is InChI=1S/C15H17F2N3O4/c16-15(17)23-11-4-3-10(6-12(11)24-15)19-13(21)8-20-5-1-2-9(7-20)14(18)22/h3-4,6,9H,1-2,5,7-8H2,(H2,18,22)(H,19,21)/p+1/t9-/m0/s1. The Morgan fingerprint density at radius 2 is 2.08 bits per heavy atom. The van der Waals surface area contributed by atoms with Gasteiger partial charge in [0.1, 0.15) is 0 Å². The fourth-order valence-electron chi connectivity index (χ4n) is 3.01. The van der Waals surface area contributed by atoms with Crippen molar-refractivity contribution in [2.75, 3.05) is 25.0 Å². The molecular formula is C15H18F2N3O4+. The smallest absolute Gasteiger partial charge is 0.395 e. The van der Waals surface area contributed by atoms with Crippen molar-refractivity contribution < 1.29 is 32.7 Å². The summed E-state index contributed by atoms with van der Waals surface area (Å²) in [6.07, 6.45) is -2.11. The Bertz CT molecular complexity index is 668. The maximum absolute atomic E-state index is 13.0. The number of anilines is 1. The van der Waals surface area contributed by atoms with Gasteiger partial charge in [-0.15, -0.1) is 8.78 Å². The van der Waals surface area contributed by atoms with E-state index in [-0.39, 0.29) is 35.8 Å². The lowest BCUT2D eigenvalue weighted by molar-refractivity contribution is -0.899. The lowest BCUT2D eigenvalue weighted by Crippen LogP contribution is -3.14. The Morgan fingerprint density at radius 1 is 1.33 bits per heavy atom. The first-order chi connectivity index (χ1) is 11.3. The molecule has 24 heavy (non-hydrogen) atoms. The second kappa shape index (κ2) is 6.23. The topological polar surface area (TPSA) is 95.1 Å². The zero-order valence-corrected chi connectivity index (χ0v) is 12.8. The molecule has 4 N–H and O–H groups in total. The Morgan fingerprint density at radius 3 is 2.83 bits per heavy atom. The van der Waals surface area contributed by atoms with Crippen LogP contribution in [0.5, 0.6) is 11.5 Å². The summed E-state index contributed by atoms with van der Waals surface area (Å²) >= 11 is 0. The van der Waals surface area contributed by atoms with Crippen LogP contribution in [0.2, 0.25) is 0 Å². The van der Waals surface area contributed by atoms with Crippen molar-refractivity contribution in [3.05, 3.63) is 18.2 Å². The van der Waals surface area contributed by atoms with Crippen LogP contribution in [-0.2, 0) is 9.59 Å². The second-order valence-corrected chi connectivity index (χ2v) is 6.00. The molecule has 0 bridgehead atoms. The van der Waals surface area contributed by atoms with Gasteiger partial charge in [-0.05, 0) is 25.0 Å². The van der Waals surface area contributed by atoms with Crippen LogP contribution < -0.4 is 25.4 Å². The number of benzene rings is 1. The summed E-state index contributed by atoms with van der Waals surface area (Å²) in [6.45, 7) is 1.48. The fraction of sp³-hybridized carbons (Fsp3) is 0.467. The molecule has 1 saturated heterocycles. The van der Waals surface area contributed by atoms with E-state index in [1.165, 1.54) is 18.2 Å². The summed E-state index contributed by atoms with van der Waals surface area (Å²) < 4.78 is 34.6. The van der Waals surface area contributed by atoms with Crippen LogP contribution in [0.25, 0.3) is 0 Å². The lowest BCUT2D eigenvalue weighted by atomic mass is 9.97. The molecule has 2 amide bonds. The molecule has 3 rings (SSSR count). The lowest BCUT2D eigenvalue weighted by Gasteiger charge is -2.27. The number of fused-ring (bicyclic) bond motifs is 1. The van der Waals surface area contributed by atoms with E-state index in [2.05, 4.69) is 14.8 Å². The van der Waals surface area contributed by atoms with Crippen molar-refractivity contribution >= 4 is 17.5 Å². The number of piperidine rings is 1. The van der Waals surface area contributed by atoms with E-state index in [0.29, 0.717) is 12.2 Å². The molecule has 0 saturated carbocycles. The molecule has 0 radical (unpaired) electrons. The van der Waals surface area contributed by atoms with Crippen LogP contribution in [0.4, 0.5) is 14.5 Å². The predicted octanol–water partition coefficient (Wildman–Crippen LogP) is -0.273. The summed E-state index contributed by atoms with van der Waals surface area (Å²) in [5.41, 5.74) is 5.65. The minimum absolute atomic E-state index is 0.0797. The molecule has 0 spiro atoms. The molecule has 2 aliphatic rings. The summed E-state index contributed by atoms with van der Waals surface area (Å²) in [4.78, 5) is 24.3. The number of nitrogens with one attached hydrogen (secondary N) is 2. The number of rotatable bonds is 4. The molecule has 1 unspecified atom stereocenters. The number of hydrogen-bond acceptors (Lipinski definition) is 4. The van der Waals surface area contributed by atoms with E-state index in [1.54, 1.807) is 0 Å². The first-order valence-corrected chi connectivity index (χ1v) is 7.65. The number of likely N-dealkylation sites (tertiary alicyclic amines) is 1. The number of primary amides is 1. The minimum atomic E-state index is -3.69. The summed E-state index contributed by atoms with van der Waals surface area (Å²) in [7, 11) is 0. The molecule has 2 atom stereocenters. The van der Waals surface area contributed by atoms with Gasteiger partial charge in [0, 0.05) is 11.8 Å². The average molecular weight is 342 g/mol. The van der Waals surface area contributed by atoms with Gasteiger partial charge in [0.15, 0.2) is 18.0 Å². The molecule has 130 valence electrons. The molecule has 1 fully saturated rings. The van der Waals surface area contributed by atoms with Crippen LogP contribution >= 0.6 is 0 Å². The van der Waals surface area contributed by atoms with Gasteiger partial charge in [-0.1, -0.05) is 0 Å². The Labute approximate surface area is 136 Å². The Hall–Kier alpha value is -2.42. The van der Waals surface area contributed by atoms with E-state index < -0.39 is 6.29 Å². The number of halogens is 2. The molecule has 0 aromatic heterocycles. The third kappa shape index (κ3) is 3.73. The molecule has 9 heteroatoms. The molecule has 1 aromatic carbocycles. The first-order valence-electron chi connectivity index (χ1n) is 7.65. The van der Waals surface area contributed by atoms with Crippen LogP contribution in [-0.4, -0.2) is 37.7 Å². The molecule has 1 aromatic rings. The zero-order valence-electron chi connectivity index (χ0n) is 12.8. The molecule has 2 aliphatic heterocycles. The predicted molar refractivity (Wildman–Crippen MR) is 78.8 cm³/mol. The van der Waals surface area contributed by atoms with Gasteiger partial charge in [-0.3, -0.25) is 9.59 Å². The SMILES string of the molecule is NC(=O)[C@H]1CCC[NH+](CC(=O)Nc2ccc3c(c2)OC(F)(F)O3)C1. The largest absolute Gasteiger partial charge is 0.586 e. The van der Waals surface area contributed by atoms with E-state index >= 15 is 0 Å². The van der Waals surface area contributed by atoms with E-state index in [9.17, 15) is 18.4 Å². The van der Waals surface area contributed by atoms with Crippen LogP contribution in [0.1, 0.15) is 12.8 Å². The number of ether oxygens (including phenoxy) is 2. The highest BCUT2D eigenvalue weighted by molar-refractivity contribution is 5.91. The van der Waals surface area contributed by atoms with Gasteiger partial charge in [0.05, 0.1) is 19.0 Å². The van der Waals surface area contributed by atoms with Gasteiger partial charge in [0.2, 0.25) is 5.91 Å². The molecule has 7 nitrogen and oxygen atoms in total. The first kappa shape index (κ1) is 16.4. The highest BCUT2D eigenvalue weighted by Crippen LogP contribution is 2.42. The third-order valence-corrected chi connectivity index (χ3v) is 4.12. The number of nitrogens with two attached hydrogens (primary N) is 1. The monoisotopic (exact) mass is 342 g/mol. The van der Waals surface area contributed by atoms with E-state index in [1.807, 2.05) is 0 Å². The Kier molecular flexibility index (Phi) is 4.27. The highest BCUT2D eigenvalue weighted by atomic mass is 19.3. The molecular weight excluding hydrogens is 324 g/mol. The number of amides is 2. The number of carbonyl (C=O) groups is 2. The van der Waals surface area contributed by atoms with Crippen molar-refractivity contribution in [2.45, 2.75) is 19.1 Å². The molecule has 0 aliphatic carbocycles. The summed E-state index contributed by atoms with van der Waals surface area (Å²) in [5.74, 6) is -1.04. The minimum Gasteiger partial charge on any atom is -0.395 e. The van der Waals surface area contributed by atoms with Gasteiger partial charge >= 0.3 is 6.29 Å². The van der Waals surface area contributed by atoms with E-state index in [4.69, 9.17) is 5.73 Å². The number of hydrogen-bond donors (Lipinski definition) is 3. The van der Waals surface area contributed by atoms with Crippen molar-refractivity contribution in [1.29, 1.82) is 0 Å². The van der Waals surface area contributed by atoms with Gasteiger partial charge in [-0.2, -0.15) is 0 Å². The summed E-state index contributed by atoms with van der Waals surface area (Å²) in [5, 5.41) is 2.63. The highest BCUT2D eigenvalue weighted by Gasteiger charge is 2.43. The maximum Gasteiger partial charge on any atom is 0.586 e. The van der Waals surface area contributed by atoms with Gasteiger partial charge < -0.3 is 25.4 Å². The third-order valence-electron chi connectivity index (χ3n) is 4.12. The summed E-state index contributed by atoms with van der Waals surface area (Å²) in [6, 6.07) is 4.05. The normalized spacial score (nSPS) is 24.4. The van der Waals surface area contributed by atoms with E-state index in [0.717, 1.165) is 24.3 Å². The zero-order chi connectivity index (χ0) is 17.3. The van der Waals surface area contributed by atoms with Gasteiger partial charge in [-0.25, -0.2) is 0 Å². The Balaban J connectivity index is 1.57. The van der Waals surface area contributed by atoms with Crippen molar-refractivity contribution in [2.24, 2.45) is 11.7 Å². The quantitative estimate of drug-likeness (QED) is 0.702. The maximum atomic E-state index is 13.0. The van der Waals surface area contributed by atoms with Crippen LogP contribution in [0.15, 0.2) is 18.2 Å². The average Bonchev–Trinajstić information content (AvgIpc) is 2.80. The second-order valence-electron chi connectivity index (χ2n) is 6.00. The molecule has 2 heterocycles.